The zero-order chi connectivity index (χ0) is 11.8. The molecule has 0 aromatic carbocycles. The summed E-state index contributed by atoms with van der Waals surface area (Å²) in [5, 5.41) is 3.68. The first-order valence-corrected chi connectivity index (χ1v) is 7.05. The molecule has 1 unspecified atom stereocenters. The molecular formula is C14H29NO. The maximum Gasteiger partial charge on any atom is 0.0468 e. The molecule has 1 saturated heterocycles. The molecule has 96 valence electrons. The van der Waals surface area contributed by atoms with Crippen molar-refractivity contribution in [1.29, 1.82) is 0 Å². The third kappa shape index (κ3) is 5.31. The summed E-state index contributed by atoms with van der Waals surface area (Å²) in [6.07, 6.45) is 6.50. The molecule has 1 fully saturated rings. The Kier molecular flexibility index (Phi) is 7.06. The highest BCUT2D eigenvalue weighted by Crippen LogP contribution is 2.22. The van der Waals surface area contributed by atoms with Gasteiger partial charge in [-0.15, -0.1) is 0 Å². The van der Waals surface area contributed by atoms with E-state index in [0.717, 1.165) is 31.6 Å². The molecule has 1 atom stereocenters. The molecule has 0 aromatic rings. The smallest absolute Gasteiger partial charge is 0.0468 e. The predicted molar refractivity (Wildman–Crippen MR) is 69.7 cm³/mol. The summed E-state index contributed by atoms with van der Waals surface area (Å²) in [4.78, 5) is 0. The van der Waals surface area contributed by atoms with Crippen LogP contribution in [-0.2, 0) is 4.74 Å². The minimum absolute atomic E-state index is 0.711. The van der Waals surface area contributed by atoms with E-state index in [1.165, 1.54) is 32.1 Å². The average molecular weight is 227 g/mol. The first-order chi connectivity index (χ1) is 7.74. The van der Waals surface area contributed by atoms with Gasteiger partial charge in [-0.05, 0) is 50.5 Å². The molecule has 0 aromatic heterocycles. The summed E-state index contributed by atoms with van der Waals surface area (Å²) < 4.78 is 5.40. The van der Waals surface area contributed by atoms with Gasteiger partial charge in [0.1, 0.15) is 0 Å². The quantitative estimate of drug-likeness (QED) is 0.721. The molecule has 2 heteroatoms. The molecule has 1 N–H and O–H groups in total. The van der Waals surface area contributed by atoms with E-state index in [1.807, 2.05) is 0 Å². The highest BCUT2D eigenvalue weighted by Gasteiger charge is 2.17. The summed E-state index contributed by atoms with van der Waals surface area (Å²) in [5.74, 6) is 1.67. The van der Waals surface area contributed by atoms with Gasteiger partial charge in [-0.1, -0.05) is 20.8 Å². The zero-order valence-electron chi connectivity index (χ0n) is 11.3. The standard InChI is InChI=1S/C14H29NO/c1-4-9-15-14(12(2)3)6-5-13-7-10-16-11-8-13/h12-15H,4-11H2,1-3H3. The van der Waals surface area contributed by atoms with Gasteiger partial charge in [0, 0.05) is 19.3 Å². The van der Waals surface area contributed by atoms with Crippen molar-refractivity contribution in [3.8, 4) is 0 Å². The lowest BCUT2D eigenvalue weighted by Gasteiger charge is -2.27. The molecule has 0 bridgehead atoms. The number of hydrogen-bond donors (Lipinski definition) is 1. The number of rotatable bonds is 7. The second-order valence-corrected chi connectivity index (χ2v) is 5.44. The monoisotopic (exact) mass is 227 g/mol. The Morgan fingerprint density at radius 3 is 2.50 bits per heavy atom. The molecular weight excluding hydrogens is 198 g/mol. The Morgan fingerprint density at radius 1 is 1.25 bits per heavy atom. The fourth-order valence-corrected chi connectivity index (χ4v) is 2.45. The Bertz CT molecular complexity index is 164. The van der Waals surface area contributed by atoms with Gasteiger partial charge >= 0.3 is 0 Å². The van der Waals surface area contributed by atoms with Crippen molar-refractivity contribution < 1.29 is 4.74 Å². The fourth-order valence-electron chi connectivity index (χ4n) is 2.45. The van der Waals surface area contributed by atoms with Crippen molar-refractivity contribution in [3.05, 3.63) is 0 Å². The predicted octanol–water partition coefficient (Wildman–Crippen LogP) is 3.22. The Balaban J connectivity index is 2.19. The van der Waals surface area contributed by atoms with Gasteiger partial charge in [0.25, 0.3) is 0 Å². The minimum Gasteiger partial charge on any atom is -0.381 e. The second-order valence-electron chi connectivity index (χ2n) is 5.44. The van der Waals surface area contributed by atoms with E-state index in [-0.39, 0.29) is 0 Å². The van der Waals surface area contributed by atoms with Crippen molar-refractivity contribution in [3.63, 3.8) is 0 Å². The maximum atomic E-state index is 5.40. The van der Waals surface area contributed by atoms with Crippen LogP contribution < -0.4 is 5.32 Å². The molecule has 0 amide bonds. The van der Waals surface area contributed by atoms with E-state index in [9.17, 15) is 0 Å². The lowest BCUT2D eigenvalue weighted by Crippen LogP contribution is -2.35. The van der Waals surface area contributed by atoms with Crippen LogP contribution in [0.1, 0.15) is 52.9 Å². The lowest BCUT2D eigenvalue weighted by molar-refractivity contribution is 0.0618. The third-order valence-electron chi connectivity index (χ3n) is 3.69. The summed E-state index contributed by atoms with van der Waals surface area (Å²) in [5.41, 5.74) is 0. The van der Waals surface area contributed by atoms with Crippen LogP contribution in [0.25, 0.3) is 0 Å². The number of ether oxygens (including phenoxy) is 1. The highest BCUT2D eigenvalue weighted by atomic mass is 16.5. The van der Waals surface area contributed by atoms with Crippen LogP contribution in [0.5, 0.6) is 0 Å². The van der Waals surface area contributed by atoms with E-state index < -0.39 is 0 Å². The average Bonchev–Trinajstić information content (AvgIpc) is 2.30. The topological polar surface area (TPSA) is 21.3 Å². The van der Waals surface area contributed by atoms with Crippen LogP contribution in [0.3, 0.4) is 0 Å². The summed E-state index contributed by atoms with van der Waals surface area (Å²) in [6.45, 7) is 10.0. The van der Waals surface area contributed by atoms with E-state index in [0.29, 0.717) is 6.04 Å². The number of hydrogen-bond acceptors (Lipinski definition) is 2. The SMILES string of the molecule is CCCNC(CCC1CCOCC1)C(C)C. The molecule has 0 spiro atoms. The Morgan fingerprint density at radius 2 is 1.94 bits per heavy atom. The summed E-state index contributed by atoms with van der Waals surface area (Å²) in [6, 6.07) is 0.711. The zero-order valence-corrected chi connectivity index (χ0v) is 11.3. The molecule has 2 nitrogen and oxygen atoms in total. The van der Waals surface area contributed by atoms with Gasteiger partial charge in [-0.25, -0.2) is 0 Å². The molecule has 1 aliphatic rings. The number of nitrogens with one attached hydrogen (secondary N) is 1. The van der Waals surface area contributed by atoms with Gasteiger partial charge in [0.15, 0.2) is 0 Å². The molecule has 0 radical (unpaired) electrons. The van der Waals surface area contributed by atoms with Crippen molar-refractivity contribution >= 4 is 0 Å². The van der Waals surface area contributed by atoms with E-state index >= 15 is 0 Å². The molecule has 0 saturated carbocycles. The largest absolute Gasteiger partial charge is 0.381 e. The van der Waals surface area contributed by atoms with Crippen molar-refractivity contribution in [2.24, 2.45) is 11.8 Å². The molecule has 0 aliphatic carbocycles. The minimum atomic E-state index is 0.711. The highest BCUT2D eigenvalue weighted by molar-refractivity contribution is 4.73. The molecule has 1 heterocycles. The molecule has 1 aliphatic heterocycles. The van der Waals surface area contributed by atoms with Crippen LogP contribution in [0.2, 0.25) is 0 Å². The van der Waals surface area contributed by atoms with Gasteiger partial charge in [0.2, 0.25) is 0 Å². The van der Waals surface area contributed by atoms with Crippen LogP contribution >= 0.6 is 0 Å². The normalized spacial score (nSPS) is 20.2. The summed E-state index contributed by atoms with van der Waals surface area (Å²) >= 11 is 0. The van der Waals surface area contributed by atoms with Crippen molar-refractivity contribution in [2.45, 2.75) is 58.9 Å². The maximum absolute atomic E-state index is 5.40. The van der Waals surface area contributed by atoms with Gasteiger partial charge < -0.3 is 10.1 Å². The van der Waals surface area contributed by atoms with Crippen molar-refractivity contribution in [2.75, 3.05) is 19.8 Å². The lowest BCUT2D eigenvalue weighted by atomic mass is 9.90. The van der Waals surface area contributed by atoms with Gasteiger partial charge in [0.05, 0.1) is 0 Å². The van der Waals surface area contributed by atoms with Crippen LogP contribution in [0, 0.1) is 11.8 Å². The second kappa shape index (κ2) is 8.08. The van der Waals surface area contributed by atoms with E-state index in [2.05, 4.69) is 26.1 Å². The molecule has 1 rings (SSSR count). The van der Waals surface area contributed by atoms with Crippen molar-refractivity contribution in [1.82, 2.24) is 5.32 Å². The van der Waals surface area contributed by atoms with Gasteiger partial charge in [-0.3, -0.25) is 0 Å². The van der Waals surface area contributed by atoms with Crippen LogP contribution in [0.15, 0.2) is 0 Å². The Hall–Kier alpha value is -0.0800. The van der Waals surface area contributed by atoms with Crippen LogP contribution in [0.4, 0.5) is 0 Å². The first kappa shape index (κ1) is 14.0. The van der Waals surface area contributed by atoms with E-state index in [1.54, 1.807) is 0 Å². The van der Waals surface area contributed by atoms with Gasteiger partial charge in [-0.2, -0.15) is 0 Å². The summed E-state index contributed by atoms with van der Waals surface area (Å²) in [7, 11) is 0. The molecule has 16 heavy (non-hydrogen) atoms. The van der Waals surface area contributed by atoms with Crippen LogP contribution in [-0.4, -0.2) is 25.8 Å². The fraction of sp³-hybridized carbons (Fsp3) is 1.00. The first-order valence-electron chi connectivity index (χ1n) is 7.05. The Labute approximate surface area is 101 Å². The van der Waals surface area contributed by atoms with E-state index in [4.69, 9.17) is 4.74 Å². The third-order valence-corrected chi connectivity index (χ3v) is 3.69.